The number of fused-ring (bicyclic) bond motifs is 5. The van der Waals surface area contributed by atoms with Gasteiger partial charge in [0.05, 0.1) is 5.48 Å². The second-order valence-electron chi connectivity index (χ2n) is 13.8. The molecule has 0 saturated heterocycles. The topological polar surface area (TPSA) is 38.7 Å². The summed E-state index contributed by atoms with van der Waals surface area (Å²) in [5.41, 5.74) is 3.87. The highest BCUT2D eigenvalue weighted by atomic mass is 15.0. The van der Waals surface area contributed by atoms with Crippen LogP contribution in [0.15, 0.2) is 152 Å². The molecule has 3 nitrogen and oxygen atoms in total. The van der Waals surface area contributed by atoms with Crippen LogP contribution in [0, 0.1) is 5.41 Å². The van der Waals surface area contributed by atoms with Crippen LogP contribution in [0.5, 0.6) is 0 Å². The van der Waals surface area contributed by atoms with Crippen LogP contribution in [-0.2, 0) is 5.41 Å². The van der Waals surface area contributed by atoms with Crippen LogP contribution in [-0.4, -0.2) is 15.0 Å². The minimum atomic E-state index is -1.99. The molecule has 0 radical (unpaired) electrons. The molecule has 0 atom stereocenters. The van der Waals surface area contributed by atoms with Crippen LogP contribution in [0.2, 0.25) is 0 Å². The summed E-state index contributed by atoms with van der Waals surface area (Å²) in [4.78, 5) is 14.4. The highest BCUT2D eigenvalue weighted by molar-refractivity contribution is 5.85. The molecule has 242 valence electrons. The lowest BCUT2D eigenvalue weighted by Gasteiger charge is -2.43. The Morgan fingerprint density at radius 3 is 1.60 bits per heavy atom. The van der Waals surface area contributed by atoms with E-state index in [0.29, 0.717) is 50.9 Å². The lowest BCUT2D eigenvalue weighted by molar-refractivity contribution is 0.188. The van der Waals surface area contributed by atoms with Crippen molar-refractivity contribution in [2.24, 2.45) is 5.41 Å². The first-order chi connectivity index (χ1) is 27.6. The molecule has 1 aromatic heterocycles. The molecule has 9 rings (SSSR count). The van der Waals surface area contributed by atoms with E-state index in [-0.39, 0.29) is 48.1 Å². The number of hydrogen-bond donors (Lipinski definition) is 0. The molecule has 6 aromatic carbocycles. The SMILES string of the molecule is [2H]c1c([2H])c(-c2ccc(-c3nc(-c4ccccc4)nc(-c4ccccc4)n3)cc2)c([2H])c(-c2ccc3c(c2)C2(c4ccccc4-3)C([2H])([2H])CC(C)(C)CC2([2H])[2H])c1[2H]. The fraction of sp³-hybridized carbons (Fsp3) is 0.170. The predicted octanol–water partition coefficient (Wildman–Crippen LogP) is 12.1. The van der Waals surface area contributed by atoms with Crippen molar-refractivity contribution in [3.05, 3.63) is 163 Å². The molecule has 0 amide bonds. The summed E-state index contributed by atoms with van der Waals surface area (Å²) in [6.07, 6.45) is -3.71. The van der Waals surface area contributed by atoms with Gasteiger partial charge in [0.2, 0.25) is 0 Å². The highest BCUT2D eigenvalue weighted by Gasteiger charge is 2.46. The second kappa shape index (κ2) is 12.0. The average Bonchev–Trinajstić information content (AvgIpc) is 3.51. The molecule has 0 aliphatic heterocycles. The molecule has 2 aliphatic carbocycles. The first kappa shape index (κ1) is 22.9. The molecule has 3 heteroatoms. The van der Waals surface area contributed by atoms with E-state index in [4.69, 9.17) is 19.1 Å². The molecule has 50 heavy (non-hydrogen) atoms. The molecule has 0 N–H and O–H groups in total. The Balaban J connectivity index is 1.17. The summed E-state index contributed by atoms with van der Waals surface area (Å²) in [5.74, 6) is 1.48. The molecule has 1 heterocycles. The summed E-state index contributed by atoms with van der Waals surface area (Å²) in [6.45, 7) is 3.82. The molecule has 0 unspecified atom stereocenters. The Labute approximate surface area is 306 Å². The summed E-state index contributed by atoms with van der Waals surface area (Å²) in [6, 6.07) is 38.3. The minimum Gasteiger partial charge on any atom is -0.208 e. The molecule has 2 aliphatic rings. The number of rotatable bonds is 5. The van der Waals surface area contributed by atoms with Crippen molar-refractivity contribution in [3.8, 4) is 67.5 Å². The number of hydrogen-bond acceptors (Lipinski definition) is 3. The van der Waals surface area contributed by atoms with Gasteiger partial charge in [-0.05, 0) is 87.6 Å². The van der Waals surface area contributed by atoms with Crippen molar-refractivity contribution in [1.29, 1.82) is 0 Å². The first-order valence-electron chi connectivity index (χ1n) is 21.0. The van der Waals surface area contributed by atoms with Crippen LogP contribution < -0.4 is 0 Å². The molecule has 0 bridgehead atoms. The maximum Gasteiger partial charge on any atom is 0.164 e. The van der Waals surface area contributed by atoms with Crippen molar-refractivity contribution in [2.45, 2.75) is 44.8 Å². The van der Waals surface area contributed by atoms with Crippen molar-refractivity contribution >= 4 is 0 Å². The van der Waals surface area contributed by atoms with Gasteiger partial charge < -0.3 is 0 Å². The van der Waals surface area contributed by atoms with Crippen LogP contribution in [0.3, 0.4) is 0 Å². The van der Waals surface area contributed by atoms with Gasteiger partial charge in [0.15, 0.2) is 17.5 Å². The summed E-state index contributed by atoms with van der Waals surface area (Å²) in [7, 11) is 0. The van der Waals surface area contributed by atoms with Crippen molar-refractivity contribution in [2.75, 3.05) is 0 Å². The zero-order valence-electron chi connectivity index (χ0n) is 35.9. The van der Waals surface area contributed by atoms with E-state index in [9.17, 15) is 6.85 Å². The van der Waals surface area contributed by atoms with Gasteiger partial charge >= 0.3 is 0 Å². The summed E-state index contributed by atoms with van der Waals surface area (Å²) in [5, 5.41) is 0. The summed E-state index contributed by atoms with van der Waals surface area (Å²) < 4.78 is 74.9. The zero-order valence-corrected chi connectivity index (χ0v) is 27.9. The summed E-state index contributed by atoms with van der Waals surface area (Å²) >= 11 is 0. The molecular formula is C47H39N3. The molecule has 7 aromatic rings. The van der Waals surface area contributed by atoms with Crippen molar-refractivity contribution < 1.29 is 11.0 Å². The molecule has 1 saturated carbocycles. The van der Waals surface area contributed by atoms with Gasteiger partial charge in [-0.2, -0.15) is 0 Å². The lowest BCUT2D eigenvalue weighted by Crippen LogP contribution is -2.34. The van der Waals surface area contributed by atoms with Gasteiger partial charge in [-0.25, -0.2) is 15.0 Å². The van der Waals surface area contributed by atoms with E-state index < -0.39 is 23.6 Å². The molecule has 1 spiro atoms. The first-order valence-corrected chi connectivity index (χ1v) is 17.0. The third-order valence-electron chi connectivity index (χ3n) is 9.75. The van der Waals surface area contributed by atoms with Gasteiger partial charge in [0.1, 0.15) is 0 Å². The largest absolute Gasteiger partial charge is 0.208 e. The van der Waals surface area contributed by atoms with Crippen LogP contribution >= 0.6 is 0 Å². The quantitative estimate of drug-likeness (QED) is 0.186. The number of benzene rings is 6. The molecule has 1 fully saturated rings. The number of aromatic nitrogens is 3. The minimum absolute atomic E-state index is 0.114. The monoisotopic (exact) mass is 653 g/mol. The standard InChI is InChI=1S/C47H39N3/c1-46(2)26-28-47(29-27-46)41-19-10-9-18-39(41)40-25-24-38(31-42(40)47)37-17-11-16-36(30-37)32-20-22-35(23-21-32)45-49-43(33-12-5-3-6-13-33)48-44(50-45)34-14-7-4-8-15-34/h3-25,30-31H,26-29H2,1-2H3/i11D,16D,17D,28D2,29D2,30D. The Morgan fingerprint density at radius 2 is 0.980 bits per heavy atom. The Bertz CT molecular complexity index is 2670. The third kappa shape index (κ3) is 5.34. The normalized spacial score (nSPS) is 19.7. The predicted molar refractivity (Wildman–Crippen MR) is 205 cm³/mol. The van der Waals surface area contributed by atoms with Gasteiger partial charge in [-0.15, -0.1) is 0 Å². The fourth-order valence-corrected chi connectivity index (χ4v) is 7.04. The maximum atomic E-state index is 9.59. The number of nitrogens with zero attached hydrogens (tertiary/aromatic N) is 3. The van der Waals surface area contributed by atoms with E-state index in [1.807, 2.05) is 117 Å². The van der Waals surface area contributed by atoms with Crippen LogP contribution in [0.25, 0.3) is 67.5 Å². The maximum absolute atomic E-state index is 9.59. The molecular weight excluding hydrogens is 607 g/mol. The van der Waals surface area contributed by atoms with E-state index in [1.54, 1.807) is 24.3 Å². The van der Waals surface area contributed by atoms with E-state index in [2.05, 4.69) is 0 Å². The van der Waals surface area contributed by atoms with Gasteiger partial charge in [0.25, 0.3) is 0 Å². The lowest BCUT2D eigenvalue weighted by atomic mass is 9.61. The highest BCUT2D eigenvalue weighted by Crippen LogP contribution is 2.58. The van der Waals surface area contributed by atoms with Gasteiger partial charge in [-0.1, -0.05) is 153 Å². The average molecular weight is 654 g/mol. The fourth-order valence-electron chi connectivity index (χ4n) is 7.04. The van der Waals surface area contributed by atoms with Gasteiger partial charge in [-0.3, -0.25) is 0 Å². The Kier molecular flexibility index (Phi) is 5.50. The Morgan fingerprint density at radius 1 is 0.500 bits per heavy atom. The van der Waals surface area contributed by atoms with Crippen LogP contribution in [0.4, 0.5) is 0 Å². The van der Waals surface area contributed by atoms with Gasteiger partial charge in [0, 0.05) is 27.6 Å². The Hall–Kier alpha value is -5.67. The van der Waals surface area contributed by atoms with E-state index >= 15 is 0 Å². The smallest absolute Gasteiger partial charge is 0.164 e. The third-order valence-corrected chi connectivity index (χ3v) is 9.75. The van der Waals surface area contributed by atoms with Crippen molar-refractivity contribution in [3.63, 3.8) is 0 Å². The van der Waals surface area contributed by atoms with Crippen LogP contribution in [0.1, 0.15) is 61.5 Å². The second-order valence-corrected chi connectivity index (χ2v) is 13.8. The zero-order chi connectivity index (χ0) is 40.8. The van der Waals surface area contributed by atoms with E-state index in [0.717, 1.165) is 16.7 Å². The van der Waals surface area contributed by atoms with Crippen molar-refractivity contribution in [1.82, 2.24) is 15.0 Å². The van der Waals surface area contributed by atoms with E-state index in [1.165, 1.54) is 0 Å².